The van der Waals surface area contributed by atoms with Crippen molar-refractivity contribution in [1.29, 1.82) is 0 Å². The number of hydrogen-bond donors (Lipinski definition) is 1. The van der Waals surface area contributed by atoms with Gasteiger partial charge in [0.05, 0.1) is 5.69 Å². The standard InChI is InChI=1S/C21H15BrFN3/c1-13-2-4-14(5-3-13)20-18-12-17(23)10-11-19(18)24-21(26-25-20)15-6-8-16(22)9-7-15/h2-12H,1H3,(H,24,26). The predicted molar refractivity (Wildman–Crippen MR) is 107 cm³/mol. The Hall–Kier alpha value is -2.79. The Morgan fingerprint density at radius 2 is 1.58 bits per heavy atom. The van der Waals surface area contributed by atoms with Gasteiger partial charge in [0.15, 0.2) is 5.84 Å². The Bertz CT molecular complexity index is 1020. The third kappa shape index (κ3) is 3.30. The highest BCUT2D eigenvalue weighted by atomic mass is 79.9. The van der Waals surface area contributed by atoms with Crippen LogP contribution in [0.15, 0.2) is 81.3 Å². The first-order chi connectivity index (χ1) is 12.6. The van der Waals surface area contributed by atoms with Gasteiger partial charge < -0.3 is 0 Å². The molecule has 1 aliphatic rings. The molecular weight excluding hydrogens is 393 g/mol. The molecule has 0 saturated carbocycles. The van der Waals surface area contributed by atoms with Crippen LogP contribution in [0.5, 0.6) is 0 Å². The van der Waals surface area contributed by atoms with Crippen LogP contribution in [0.25, 0.3) is 0 Å². The van der Waals surface area contributed by atoms with Crippen LogP contribution in [-0.4, -0.2) is 11.5 Å². The zero-order chi connectivity index (χ0) is 18.1. The monoisotopic (exact) mass is 407 g/mol. The highest BCUT2D eigenvalue weighted by Gasteiger charge is 2.18. The third-order valence-electron chi connectivity index (χ3n) is 4.16. The molecule has 1 heterocycles. The van der Waals surface area contributed by atoms with Gasteiger partial charge in [0.25, 0.3) is 0 Å². The van der Waals surface area contributed by atoms with Gasteiger partial charge in [-0.15, -0.1) is 0 Å². The molecule has 1 aliphatic heterocycles. The molecule has 0 radical (unpaired) electrons. The molecule has 0 saturated heterocycles. The SMILES string of the molecule is Cc1ccc(C2=NNC(c3ccc(Br)cc3)=Nc3ccc(F)cc32)cc1. The number of amidine groups is 1. The summed E-state index contributed by atoms with van der Waals surface area (Å²) in [6.07, 6.45) is 0. The minimum absolute atomic E-state index is 0.314. The van der Waals surface area contributed by atoms with E-state index in [1.54, 1.807) is 6.07 Å². The molecule has 26 heavy (non-hydrogen) atoms. The molecule has 0 unspecified atom stereocenters. The van der Waals surface area contributed by atoms with Crippen molar-refractivity contribution in [1.82, 2.24) is 5.43 Å². The number of hydrazone groups is 1. The van der Waals surface area contributed by atoms with E-state index in [4.69, 9.17) is 0 Å². The fourth-order valence-electron chi connectivity index (χ4n) is 2.78. The van der Waals surface area contributed by atoms with Crippen molar-refractivity contribution in [2.24, 2.45) is 10.1 Å². The van der Waals surface area contributed by atoms with Gasteiger partial charge in [-0.25, -0.2) is 9.38 Å². The Kier molecular flexibility index (Phi) is 4.39. The second-order valence-electron chi connectivity index (χ2n) is 6.07. The van der Waals surface area contributed by atoms with Crippen molar-refractivity contribution < 1.29 is 4.39 Å². The van der Waals surface area contributed by atoms with Crippen LogP contribution in [0.4, 0.5) is 10.1 Å². The lowest BCUT2D eigenvalue weighted by molar-refractivity contribution is 0.627. The van der Waals surface area contributed by atoms with Gasteiger partial charge in [-0.3, -0.25) is 5.43 Å². The zero-order valence-electron chi connectivity index (χ0n) is 14.0. The topological polar surface area (TPSA) is 36.8 Å². The summed E-state index contributed by atoms with van der Waals surface area (Å²) in [6, 6.07) is 20.3. The van der Waals surface area contributed by atoms with E-state index in [9.17, 15) is 4.39 Å². The van der Waals surface area contributed by atoms with Crippen molar-refractivity contribution in [3.63, 3.8) is 0 Å². The summed E-state index contributed by atoms with van der Waals surface area (Å²) in [5, 5.41) is 4.54. The van der Waals surface area contributed by atoms with Gasteiger partial charge >= 0.3 is 0 Å². The molecule has 1 N–H and O–H groups in total. The fourth-order valence-corrected chi connectivity index (χ4v) is 3.04. The molecule has 4 rings (SSSR count). The smallest absolute Gasteiger partial charge is 0.154 e. The van der Waals surface area contributed by atoms with Crippen LogP contribution in [0.2, 0.25) is 0 Å². The number of fused-ring (bicyclic) bond motifs is 1. The van der Waals surface area contributed by atoms with Crippen LogP contribution < -0.4 is 5.43 Å². The van der Waals surface area contributed by atoms with Crippen molar-refractivity contribution in [2.45, 2.75) is 6.92 Å². The van der Waals surface area contributed by atoms with Crippen molar-refractivity contribution in [3.8, 4) is 0 Å². The highest BCUT2D eigenvalue weighted by Crippen LogP contribution is 2.27. The number of nitrogens with zero attached hydrogens (tertiary/aromatic N) is 2. The van der Waals surface area contributed by atoms with E-state index in [1.807, 2.05) is 55.5 Å². The summed E-state index contributed by atoms with van der Waals surface area (Å²) in [6.45, 7) is 2.03. The van der Waals surface area contributed by atoms with E-state index in [1.165, 1.54) is 12.1 Å². The summed E-state index contributed by atoms with van der Waals surface area (Å²) in [5.74, 6) is 0.304. The number of nitrogens with one attached hydrogen (secondary N) is 1. The van der Waals surface area contributed by atoms with Crippen LogP contribution >= 0.6 is 15.9 Å². The van der Waals surface area contributed by atoms with E-state index in [0.29, 0.717) is 22.8 Å². The molecule has 0 bridgehead atoms. The van der Waals surface area contributed by atoms with Gasteiger partial charge in [0.1, 0.15) is 11.5 Å². The average Bonchev–Trinajstić information content (AvgIpc) is 2.83. The number of halogens is 2. The van der Waals surface area contributed by atoms with Gasteiger partial charge in [0.2, 0.25) is 0 Å². The summed E-state index contributed by atoms with van der Waals surface area (Å²) in [7, 11) is 0. The lowest BCUT2D eigenvalue weighted by Crippen LogP contribution is -2.19. The molecule has 0 fully saturated rings. The molecule has 0 aliphatic carbocycles. The molecule has 3 aromatic carbocycles. The first-order valence-corrected chi connectivity index (χ1v) is 8.95. The Labute approximate surface area is 159 Å². The van der Waals surface area contributed by atoms with E-state index < -0.39 is 0 Å². The lowest BCUT2D eigenvalue weighted by Gasteiger charge is -2.08. The molecule has 5 heteroatoms. The summed E-state index contributed by atoms with van der Waals surface area (Å²) < 4.78 is 14.9. The minimum atomic E-state index is -0.314. The van der Waals surface area contributed by atoms with Gasteiger partial charge in [-0.2, -0.15) is 5.10 Å². The molecule has 128 valence electrons. The molecule has 0 spiro atoms. The molecular formula is C21H15BrFN3. The van der Waals surface area contributed by atoms with Gasteiger partial charge in [-0.1, -0.05) is 57.9 Å². The number of aliphatic imine (C=N–C) groups is 1. The number of benzene rings is 3. The van der Waals surface area contributed by atoms with Crippen molar-refractivity contribution >= 4 is 33.2 Å². The lowest BCUT2D eigenvalue weighted by atomic mass is 10.00. The normalized spacial score (nSPS) is 13.2. The predicted octanol–water partition coefficient (Wildman–Crippen LogP) is 5.33. The van der Waals surface area contributed by atoms with Crippen LogP contribution in [0, 0.1) is 12.7 Å². The Balaban J connectivity index is 1.85. The first kappa shape index (κ1) is 16.7. The maximum atomic E-state index is 13.9. The second kappa shape index (κ2) is 6.84. The van der Waals surface area contributed by atoms with Crippen molar-refractivity contribution in [3.05, 3.63) is 99.3 Å². The van der Waals surface area contributed by atoms with Crippen LogP contribution in [-0.2, 0) is 0 Å². The highest BCUT2D eigenvalue weighted by molar-refractivity contribution is 9.10. The molecule has 3 aromatic rings. The van der Waals surface area contributed by atoms with E-state index in [2.05, 4.69) is 31.4 Å². The maximum Gasteiger partial charge on any atom is 0.154 e. The Morgan fingerprint density at radius 1 is 0.885 bits per heavy atom. The number of hydrogen-bond acceptors (Lipinski definition) is 3. The largest absolute Gasteiger partial charge is 0.260 e. The van der Waals surface area contributed by atoms with Gasteiger partial charge in [0, 0.05) is 21.2 Å². The summed E-state index contributed by atoms with van der Waals surface area (Å²) in [5.41, 5.74) is 8.00. The number of rotatable bonds is 2. The summed E-state index contributed by atoms with van der Waals surface area (Å²) >= 11 is 3.44. The van der Waals surface area contributed by atoms with E-state index in [-0.39, 0.29) is 5.82 Å². The van der Waals surface area contributed by atoms with Gasteiger partial charge in [-0.05, 0) is 37.3 Å². The number of aryl methyl sites for hydroxylation is 1. The van der Waals surface area contributed by atoms with Crippen LogP contribution in [0.3, 0.4) is 0 Å². The Morgan fingerprint density at radius 3 is 2.31 bits per heavy atom. The average molecular weight is 408 g/mol. The third-order valence-corrected chi connectivity index (χ3v) is 4.69. The molecule has 0 aromatic heterocycles. The van der Waals surface area contributed by atoms with Crippen molar-refractivity contribution in [2.75, 3.05) is 0 Å². The second-order valence-corrected chi connectivity index (χ2v) is 6.98. The quantitative estimate of drug-likeness (QED) is 0.612. The van der Waals surface area contributed by atoms with E-state index in [0.717, 1.165) is 21.2 Å². The maximum absolute atomic E-state index is 13.9. The fraction of sp³-hybridized carbons (Fsp3) is 0.0476. The molecule has 0 atom stereocenters. The first-order valence-electron chi connectivity index (χ1n) is 8.15. The minimum Gasteiger partial charge on any atom is -0.260 e. The zero-order valence-corrected chi connectivity index (χ0v) is 15.6. The molecule has 0 amide bonds. The summed E-state index contributed by atoms with van der Waals surface area (Å²) in [4.78, 5) is 4.68. The van der Waals surface area contributed by atoms with E-state index >= 15 is 0 Å². The van der Waals surface area contributed by atoms with Crippen LogP contribution in [0.1, 0.15) is 22.3 Å². The molecule has 3 nitrogen and oxygen atoms in total.